The third kappa shape index (κ3) is 2.75. The molecule has 0 amide bonds. The molecule has 21 heavy (non-hydrogen) atoms. The van der Waals surface area contributed by atoms with Gasteiger partial charge < -0.3 is 9.64 Å². The molecule has 0 saturated carbocycles. The molecule has 0 unspecified atom stereocenters. The topological polar surface area (TPSA) is 75.6 Å². The van der Waals surface area contributed by atoms with Crippen LogP contribution in [-0.4, -0.2) is 67.1 Å². The molecule has 0 bridgehead atoms. The van der Waals surface area contributed by atoms with Gasteiger partial charge in [-0.05, 0) is 26.0 Å². The Morgan fingerprint density at radius 2 is 2.14 bits per heavy atom. The second kappa shape index (κ2) is 5.51. The summed E-state index contributed by atoms with van der Waals surface area (Å²) in [6.45, 7) is 5.73. The van der Waals surface area contributed by atoms with Crippen molar-refractivity contribution in [1.29, 1.82) is 0 Å². The Labute approximate surface area is 125 Å². The van der Waals surface area contributed by atoms with E-state index in [1.165, 1.54) is 4.31 Å². The summed E-state index contributed by atoms with van der Waals surface area (Å²) in [7, 11) is -3.18. The molecule has 116 valence electrons. The van der Waals surface area contributed by atoms with E-state index in [2.05, 4.69) is 15.1 Å². The van der Waals surface area contributed by atoms with Crippen molar-refractivity contribution in [2.24, 2.45) is 0 Å². The van der Waals surface area contributed by atoms with Crippen molar-refractivity contribution in [3.8, 4) is 0 Å². The average Bonchev–Trinajstić information content (AvgIpc) is 2.93. The number of nitrogens with zero attached hydrogens (tertiary/aromatic N) is 4. The number of aromatic nitrogens is 2. The summed E-state index contributed by atoms with van der Waals surface area (Å²) in [5, 5.41) is 8.31. The van der Waals surface area contributed by atoms with Gasteiger partial charge in [-0.1, -0.05) is 0 Å². The largest absolute Gasteiger partial charge is 0.373 e. The van der Waals surface area contributed by atoms with Crippen LogP contribution in [0.15, 0.2) is 12.1 Å². The van der Waals surface area contributed by atoms with E-state index in [0.717, 1.165) is 11.5 Å². The molecule has 3 heterocycles. The Balaban J connectivity index is 1.83. The van der Waals surface area contributed by atoms with Crippen LogP contribution in [0.25, 0.3) is 0 Å². The molecule has 0 spiro atoms. The van der Waals surface area contributed by atoms with Gasteiger partial charge >= 0.3 is 0 Å². The van der Waals surface area contributed by atoms with Crippen molar-refractivity contribution in [1.82, 2.24) is 14.5 Å². The summed E-state index contributed by atoms with van der Waals surface area (Å²) in [5.41, 5.74) is 0.866. The summed E-state index contributed by atoms with van der Waals surface area (Å²) in [6, 6.07) is 3.86. The third-order valence-corrected chi connectivity index (χ3v) is 5.92. The minimum atomic E-state index is -3.18. The van der Waals surface area contributed by atoms with E-state index < -0.39 is 10.0 Å². The molecule has 8 heteroatoms. The average molecular weight is 312 g/mol. The molecule has 2 aliphatic heterocycles. The first-order valence-electron chi connectivity index (χ1n) is 7.17. The van der Waals surface area contributed by atoms with E-state index >= 15 is 0 Å². The van der Waals surface area contributed by atoms with Gasteiger partial charge in [0.15, 0.2) is 5.82 Å². The highest BCUT2D eigenvalue weighted by Crippen LogP contribution is 2.28. The van der Waals surface area contributed by atoms with Crippen LogP contribution in [0.2, 0.25) is 0 Å². The zero-order valence-corrected chi connectivity index (χ0v) is 13.1. The molecule has 0 aromatic carbocycles. The monoisotopic (exact) mass is 312 g/mol. The highest BCUT2D eigenvalue weighted by atomic mass is 32.2. The van der Waals surface area contributed by atoms with Crippen molar-refractivity contribution < 1.29 is 13.2 Å². The van der Waals surface area contributed by atoms with Gasteiger partial charge in [0.2, 0.25) is 10.0 Å². The maximum absolute atomic E-state index is 12.1. The van der Waals surface area contributed by atoms with Gasteiger partial charge in [-0.25, -0.2) is 8.42 Å². The maximum Gasteiger partial charge on any atom is 0.213 e. The zero-order valence-electron chi connectivity index (χ0n) is 12.3. The first-order valence-corrected chi connectivity index (χ1v) is 8.78. The van der Waals surface area contributed by atoms with Gasteiger partial charge in [0, 0.05) is 19.6 Å². The van der Waals surface area contributed by atoms with Crippen molar-refractivity contribution in [2.75, 3.05) is 36.9 Å². The van der Waals surface area contributed by atoms with Crippen molar-refractivity contribution >= 4 is 15.8 Å². The lowest BCUT2D eigenvalue weighted by Gasteiger charge is -2.37. The Kier molecular flexibility index (Phi) is 3.85. The number of sulfonamides is 1. The van der Waals surface area contributed by atoms with Crippen molar-refractivity contribution in [3.63, 3.8) is 0 Å². The van der Waals surface area contributed by atoms with E-state index in [-0.39, 0.29) is 17.9 Å². The number of ether oxygens (including phenoxy) is 1. The summed E-state index contributed by atoms with van der Waals surface area (Å²) in [5.74, 6) is 0.909. The fourth-order valence-corrected chi connectivity index (χ4v) is 4.01. The number of morpholine rings is 1. The van der Waals surface area contributed by atoms with Crippen molar-refractivity contribution in [2.45, 2.75) is 26.0 Å². The molecule has 0 aliphatic carbocycles. The summed E-state index contributed by atoms with van der Waals surface area (Å²) in [6.07, 6.45) is -0.0943. The number of hydrogen-bond donors (Lipinski definition) is 0. The molecule has 3 rings (SSSR count). The molecular weight excluding hydrogens is 292 g/mol. The molecule has 2 saturated heterocycles. The van der Waals surface area contributed by atoms with Crippen LogP contribution >= 0.6 is 0 Å². The molecule has 2 fully saturated rings. The first kappa shape index (κ1) is 14.7. The Morgan fingerprint density at radius 1 is 1.33 bits per heavy atom. The highest BCUT2D eigenvalue weighted by molar-refractivity contribution is 7.89. The number of anilines is 1. The summed E-state index contributed by atoms with van der Waals surface area (Å²) in [4.78, 5) is 2.12. The van der Waals surface area contributed by atoms with Crippen LogP contribution in [0.5, 0.6) is 0 Å². The van der Waals surface area contributed by atoms with E-state index in [9.17, 15) is 8.42 Å². The Morgan fingerprint density at radius 3 is 2.81 bits per heavy atom. The second-order valence-corrected chi connectivity index (χ2v) is 7.68. The molecule has 1 aromatic rings. The lowest BCUT2D eigenvalue weighted by atomic mass is 10.1. The fraction of sp³-hybridized carbons (Fsp3) is 0.692. The standard InChI is InChI=1S/C13H20N4O3S/c1-3-21(18,19)16-8-11-12(9-16)20-7-6-17(11)13-5-4-10(2)14-15-13/h4-5,11-12H,3,6-9H2,1-2H3/t11-,12-/m0/s1. The number of fused-ring (bicyclic) bond motifs is 1. The lowest BCUT2D eigenvalue weighted by Crippen LogP contribution is -2.51. The normalized spacial score (nSPS) is 26.9. The van der Waals surface area contributed by atoms with Crippen LogP contribution in [0.4, 0.5) is 5.82 Å². The molecule has 0 N–H and O–H groups in total. The fourth-order valence-electron chi connectivity index (χ4n) is 2.89. The van der Waals surface area contributed by atoms with E-state index in [1.54, 1.807) is 6.92 Å². The SMILES string of the molecule is CCS(=O)(=O)N1C[C@@H]2OCCN(c3ccc(C)nn3)[C@H]2C1. The second-order valence-electron chi connectivity index (χ2n) is 5.42. The minimum Gasteiger partial charge on any atom is -0.373 e. The molecule has 2 atom stereocenters. The molecule has 7 nitrogen and oxygen atoms in total. The predicted molar refractivity (Wildman–Crippen MR) is 78.7 cm³/mol. The number of hydrogen-bond acceptors (Lipinski definition) is 6. The highest BCUT2D eigenvalue weighted by Gasteiger charge is 2.44. The van der Waals surface area contributed by atoms with Gasteiger partial charge in [-0.2, -0.15) is 9.40 Å². The Bertz CT molecular complexity index is 604. The predicted octanol–water partition coefficient (Wildman–Crippen LogP) is 0.0241. The van der Waals surface area contributed by atoms with Crippen molar-refractivity contribution in [3.05, 3.63) is 17.8 Å². The summed E-state index contributed by atoms with van der Waals surface area (Å²) >= 11 is 0. The minimum absolute atomic E-state index is 0.0112. The van der Waals surface area contributed by atoms with Crippen LogP contribution in [0.1, 0.15) is 12.6 Å². The first-order chi connectivity index (χ1) is 10.0. The maximum atomic E-state index is 12.1. The zero-order chi connectivity index (χ0) is 15.0. The van der Waals surface area contributed by atoms with Gasteiger partial charge in [-0.15, -0.1) is 5.10 Å². The molecule has 0 radical (unpaired) electrons. The van der Waals surface area contributed by atoms with Crippen LogP contribution in [0, 0.1) is 6.92 Å². The number of rotatable bonds is 3. The molecular formula is C13H20N4O3S. The van der Waals surface area contributed by atoms with Crippen LogP contribution in [0.3, 0.4) is 0 Å². The lowest BCUT2D eigenvalue weighted by molar-refractivity contribution is 0.0328. The van der Waals surface area contributed by atoms with E-state index in [0.29, 0.717) is 26.2 Å². The van der Waals surface area contributed by atoms with Gasteiger partial charge in [0.05, 0.1) is 30.2 Å². The van der Waals surface area contributed by atoms with Gasteiger partial charge in [-0.3, -0.25) is 0 Å². The van der Waals surface area contributed by atoms with Crippen LogP contribution in [-0.2, 0) is 14.8 Å². The number of aryl methyl sites for hydroxylation is 1. The van der Waals surface area contributed by atoms with Gasteiger partial charge in [0.1, 0.15) is 0 Å². The van der Waals surface area contributed by atoms with E-state index in [1.807, 2.05) is 19.1 Å². The smallest absolute Gasteiger partial charge is 0.213 e. The molecule has 1 aromatic heterocycles. The third-order valence-electron chi connectivity index (χ3n) is 4.10. The summed E-state index contributed by atoms with van der Waals surface area (Å²) < 4.78 is 31.4. The Hall–Kier alpha value is -1.25. The quantitative estimate of drug-likeness (QED) is 0.783. The van der Waals surface area contributed by atoms with Gasteiger partial charge in [0.25, 0.3) is 0 Å². The molecule has 2 aliphatic rings. The van der Waals surface area contributed by atoms with E-state index in [4.69, 9.17) is 4.74 Å². The van der Waals surface area contributed by atoms with Crippen LogP contribution < -0.4 is 4.90 Å².